The Kier molecular flexibility index (Phi) is 3.49. The molecule has 0 aliphatic carbocycles. The SMILES string of the molecule is O=C(O)c1cccc(-c2nc(-c3ccc(Br)cn3)no2)c1. The highest BCUT2D eigenvalue weighted by Crippen LogP contribution is 2.22. The predicted octanol–water partition coefficient (Wildman–Crippen LogP) is 3.26. The van der Waals surface area contributed by atoms with E-state index in [1.165, 1.54) is 12.1 Å². The summed E-state index contributed by atoms with van der Waals surface area (Å²) in [6.45, 7) is 0. The lowest BCUT2D eigenvalue weighted by Gasteiger charge is -1.96. The van der Waals surface area contributed by atoms with Crippen molar-refractivity contribution in [1.82, 2.24) is 15.1 Å². The van der Waals surface area contributed by atoms with Crippen molar-refractivity contribution in [2.24, 2.45) is 0 Å². The number of nitrogens with zero attached hydrogens (tertiary/aromatic N) is 3. The number of pyridine rings is 1. The zero-order valence-corrected chi connectivity index (χ0v) is 12.1. The molecule has 0 saturated heterocycles. The van der Waals surface area contributed by atoms with Crippen LogP contribution in [0.1, 0.15) is 10.4 Å². The van der Waals surface area contributed by atoms with Crippen LogP contribution in [0.3, 0.4) is 0 Å². The van der Waals surface area contributed by atoms with E-state index in [2.05, 4.69) is 31.1 Å². The fraction of sp³-hybridized carbons (Fsp3) is 0. The standard InChI is InChI=1S/C14H8BrN3O3/c15-10-4-5-11(16-7-10)12-17-13(21-18-12)8-2-1-3-9(6-8)14(19)20/h1-7H,(H,19,20). The van der Waals surface area contributed by atoms with Gasteiger partial charge in [0.1, 0.15) is 5.69 Å². The molecule has 3 rings (SSSR count). The first-order chi connectivity index (χ1) is 10.1. The van der Waals surface area contributed by atoms with Crippen molar-refractivity contribution < 1.29 is 14.4 Å². The molecule has 0 spiro atoms. The van der Waals surface area contributed by atoms with E-state index in [0.29, 0.717) is 17.1 Å². The largest absolute Gasteiger partial charge is 0.478 e. The van der Waals surface area contributed by atoms with Gasteiger partial charge in [0.15, 0.2) is 0 Å². The van der Waals surface area contributed by atoms with Gasteiger partial charge in [0.05, 0.1) is 5.56 Å². The van der Waals surface area contributed by atoms with Crippen LogP contribution in [0.4, 0.5) is 0 Å². The van der Waals surface area contributed by atoms with Gasteiger partial charge < -0.3 is 9.63 Å². The minimum atomic E-state index is -1.01. The van der Waals surface area contributed by atoms with Gasteiger partial charge in [-0.1, -0.05) is 11.2 Å². The van der Waals surface area contributed by atoms with Gasteiger partial charge in [-0.15, -0.1) is 0 Å². The summed E-state index contributed by atoms with van der Waals surface area (Å²) in [4.78, 5) is 19.4. The van der Waals surface area contributed by atoms with Crippen LogP contribution in [0.15, 0.2) is 51.6 Å². The summed E-state index contributed by atoms with van der Waals surface area (Å²) < 4.78 is 6.02. The van der Waals surface area contributed by atoms with Crippen LogP contribution in [-0.4, -0.2) is 26.2 Å². The van der Waals surface area contributed by atoms with Crippen LogP contribution < -0.4 is 0 Å². The third kappa shape index (κ3) is 2.82. The fourth-order valence-corrected chi connectivity index (χ4v) is 1.97. The molecule has 0 aliphatic rings. The van der Waals surface area contributed by atoms with Crippen molar-refractivity contribution in [2.45, 2.75) is 0 Å². The normalized spacial score (nSPS) is 10.5. The maximum absolute atomic E-state index is 11.0. The van der Waals surface area contributed by atoms with E-state index in [4.69, 9.17) is 9.63 Å². The summed E-state index contributed by atoms with van der Waals surface area (Å²) in [6.07, 6.45) is 1.64. The monoisotopic (exact) mass is 345 g/mol. The highest BCUT2D eigenvalue weighted by atomic mass is 79.9. The Morgan fingerprint density at radius 1 is 1.24 bits per heavy atom. The van der Waals surface area contributed by atoms with E-state index in [1.807, 2.05) is 6.07 Å². The van der Waals surface area contributed by atoms with Crippen LogP contribution in [-0.2, 0) is 0 Å². The zero-order valence-electron chi connectivity index (χ0n) is 10.5. The van der Waals surface area contributed by atoms with Crippen molar-refractivity contribution in [3.05, 3.63) is 52.6 Å². The van der Waals surface area contributed by atoms with Crippen molar-refractivity contribution >= 4 is 21.9 Å². The minimum Gasteiger partial charge on any atom is -0.478 e. The van der Waals surface area contributed by atoms with Gasteiger partial charge in [-0.25, -0.2) is 4.79 Å². The van der Waals surface area contributed by atoms with E-state index in [1.54, 1.807) is 24.4 Å². The molecule has 2 heterocycles. The molecular weight excluding hydrogens is 338 g/mol. The van der Waals surface area contributed by atoms with Gasteiger partial charge in [0.2, 0.25) is 5.82 Å². The number of carbonyl (C=O) groups is 1. The highest BCUT2D eigenvalue weighted by Gasteiger charge is 2.13. The fourth-order valence-electron chi connectivity index (χ4n) is 1.74. The van der Waals surface area contributed by atoms with Gasteiger partial charge in [-0.3, -0.25) is 4.98 Å². The van der Waals surface area contributed by atoms with Gasteiger partial charge in [-0.05, 0) is 46.3 Å². The van der Waals surface area contributed by atoms with Crippen LogP contribution in [0, 0.1) is 0 Å². The van der Waals surface area contributed by atoms with Crippen LogP contribution in [0.25, 0.3) is 23.0 Å². The summed E-state index contributed by atoms with van der Waals surface area (Å²) in [5, 5.41) is 12.8. The molecule has 21 heavy (non-hydrogen) atoms. The molecule has 104 valence electrons. The molecule has 7 heteroatoms. The Morgan fingerprint density at radius 2 is 2.10 bits per heavy atom. The van der Waals surface area contributed by atoms with E-state index >= 15 is 0 Å². The van der Waals surface area contributed by atoms with Crippen LogP contribution in [0.5, 0.6) is 0 Å². The Balaban J connectivity index is 1.96. The first-order valence-corrected chi connectivity index (χ1v) is 6.72. The molecule has 0 radical (unpaired) electrons. The molecule has 0 unspecified atom stereocenters. The average Bonchev–Trinajstić information content (AvgIpc) is 2.98. The third-order valence-electron chi connectivity index (χ3n) is 2.74. The van der Waals surface area contributed by atoms with Gasteiger partial charge >= 0.3 is 5.97 Å². The summed E-state index contributed by atoms with van der Waals surface area (Å²) in [5.74, 6) is -0.415. The Labute approximate surface area is 127 Å². The number of aromatic carboxylic acids is 1. The van der Waals surface area contributed by atoms with Crippen LogP contribution in [0.2, 0.25) is 0 Å². The second-order valence-corrected chi connectivity index (χ2v) is 5.09. The van der Waals surface area contributed by atoms with Gasteiger partial charge in [0, 0.05) is 16.2 Å². The van der Waals surface area contributed by atoms with Crippen molar-refractivity contribution in [1.29, 1.82) is 0 Å². The molecule has 6 nitrogen and oxygen atoms in total. The lowest BCUT2D eigenvalue weighted by molar-refractivity contribution is 0.0697. The van der Waals surface area contributed by atoms with Crippen molar-refractivity contribution in [3.8, 4) is 23.0 Å². The second-order valence-electron chi connectivity index (χ2n) is 4.17. The number of carboxylic acids is 1. The number of carboxylic acid groups (broad SMARTS) is 1. The first kappa shape index (κ1) is 13.4. The quantitative estimate of drug-likeness (QED) is 0.783. The lowest BCUT2D eigenvalue weighted by atomic mass is 10.1. The molecule has 1 aromatic carbocycles. The summed E-state index contributed by atoms with van der Waals surface area (Å²) in [5.41, 5.74) is 1.28. The van der Waals surface area contributed by atoms with Gasteiger partial charge in [0.25, 0.3) is 5.89 Å². The number of benzene rings is 1. The molecule has 1 N–H and O–H groups in total. The van der Waals surface area contributed by atoms with Crippen molar-refractivity contribution in [2.75, 3.05) is 0 Å². The van der Waals surface area contributed by atoms with E-state index in [9.17, 15) is 4.79 Å². The Morgan fingerprint density at radius 3 is 2.81 bits per heavy atom. The summed E-state index contributed by atoms with van der Waals surface area (Å²) in [7, 11) is 0. The lowest BCUT2D eigenvalue weighted by Crippen LogP contribution is -1.95. The van der Waals surface area contributed by atoms with E-state index in [0.717, 1.165) is 4.47 Å². The molecule has 0 fully saturated rings. The number of hydrogen-bond acceptors (Lipinski definition) is 5. The molecular formula is C14H8BrN3O3. The molecule has 3 aromatic rings. The molecule has 0 amide bonds. The Hall–Kier alpha value is -2.54. The average molecular weight is 346 g/mol. The molecule has 0 atom stereocenters. The predicted molar refractivity (Wildman–Crippen MR) is 77.6 cm³/mol. The number of aromatic nitrogens is 3. The van der Waals surface area contributed by atoms with E-state index < -0.39 is 5.97 Å². The number of hydrogen-bond donors (Lipinski definition) is 1. The highest BCUT2D eigenvalue weighted by molar-refractivity contribution is 9.10. The number of rotatable bonds is 3. The zero-order chi connectivity index (χ0) is 14.8. The van der Waals surface area contributed by atoms with Crippen LogP contribution >= 0.6 is 15.9 Å². The maximum Gasteiger partial charge on any atom is 0.335 e. The second kappa shape index (κ2) is 5.45. The van der Waals surface area contributed by atoms with E-state index in [-0.39, 0.29) is 11.5 Å². The summed E-state index contributed by atoms with van der Waals surface area (Å²) >= 11 is 3.30. The topological polar surface area (TPSA) is 89.1 Å². The summed E-state index contributed by atoms with van der Waals surface area (Å²) in [6, 6.07) is 9.89. The molecule has 0 aliphatic heterocycles. The van der Waals surface area contributed by atoms with Crippen molar-refractivity contribution in [3.63, 3.8) is 0 Å². The number of halogens is 1. The first-order valence-electron chi connectivity index (χ1n) is 5.93. The maximum atomic E-state index is 11.0. The molecule has 0 bridgehead atoms. The Bertz CT molecular complexity index is 799. The van der Waals surface area contributed by atoms with Gasteiger partial charge in [-0.2, -0.15) is 4.98 Å². The minimum absolute atomic E-state index is 0.161. The third-order valence-corrected chi connectivity index (χ3v) is 3.21. The molecule has 0 saturated carbocycles. The molecule has 2 aromatic heterocycles. The smallest absolute Gasteiger partial charge is 0.335 e.